The molecule has 0 aliphatic carbocycles. The van der Waals surface area contributed by atoms with Gasteiger partial charge in [0, 0.05) is 12.0 Å². The zero-order valence-electron chi connectivity index (χ0n) is 15.9. The van der Waals surface area contributed by atoms with Crippen LogP contribution >= 0.6 is 15.9 Å². The lowest BCUT2D eigenvalue weighted by Crippen LogP contribution is -2.50. The molecule has 1 N–H and O–H groups in total. The maximum absolute atomic E-state index is 12.9. The highest BCUT2D eigenvalue weighted by Gasteiger charge is 2.51. The van der Waals surface area contributed by atoms with E-state index in [1.54, 1.807) is 48.5 Å². The highest BCUT2D eigenvalue weighted by Crippen LogP contribution is 2.35. The molecular formula is C21H20BrNO6. The molecule has 29 heavy (non-hydrogen) atoms. The molecule has 3 rings (SSSR count). The molecule has 2 aromatic rings. The van der Waals surface area contributed by atoms with E-state index in [1.165, 1.54) is 18.9 Å². The van der Waals surface area contributed by atoms with Crippen LogP contribution in [0.4, 0.5) is 0 Å². The highest BCUT2D eigenvalue weighted by atomic mass is 79.9. The molecular weight excluding hydrogens is 442 g/mol. The van der Waals surface area contributed by atoms with Crippen LogP contribution in [-0.2, 0) is 9.53 Å². The third-order valence-corrected chi connectivity index (χ3v) is 5.60. The minimum absolute atomic E-state index is 0.127. The zero-order chi connectivity index (χ0) is 21.2. The van der Waals surface area contributed by atoms with E-state index >= 15 is 0 Å². The fraction of sp³-hybridized carbons (Fsp3) is 0.286. The Kier molecular flexibility index (Phi) is 5.93. The van der Waals surface area contributed by atoms with E-state index in [0.29, 0.717) is 21.3 Å². The van der Waals surface area contributed by atoms with Crippen LogP contribution in [0, 0.1) is 0 Å². The van der Waals surface area contributed by atoms with Gasteiger partial charge < -0.3 is 19.5 Å². The van der Waals surface area contributed by atoms with Gasteiger partial charge in [-0.2, -0.15) is 0 Å². The molecule has 1 heterocycles. The number of benzene rings is 2. The number of likely N-dealkylation sites (tertiary alicyclic amines) is 1. The number of carbonyl (C=O) groups excluding carboxylic acids is 2. The average Bonchev–Trinajstić information content (AvgIpc) is 3.06. The van der Waals surface area contributed by atoms with Crippen molar-refractivity contribution in [3.8, 4) is 5.75 Å². The normalized spacial score (nSPS) is 20.9. The molecule has 0 unspecified atom stereocenters. The van der Waals surface area contributed by atoms with Gasteiger partial charge in [0.1, 0.15) is 17.4 Å². The first-order valence-corrected chi connectivity index (χ1v) is 9.70. The Morgan fingerprint density at radius 3 is 2.41 bits per heavy atom. The molecule has 0 aromatic heterocycles. The van der Waals surface area contributed by atoms with Crippen LogP contribution in [0.2, 0.25) is 0 Å². The number of nitrogens with zero attached hydrogens (tertiary/aromatic N) is 1. The van der Waals surface area contributed by atoms with Crippen molar-refractivity contribution in [2.75, 3.05) is 13.7 Å². The number of ether oxygens (including phenoxy) is 2. The van der Waals surface area contributed by atoms with E-state index in [-0.39, 0.29) is 18.9 Å². The van der Waals surface area contributed by atoms with Gasteiger partial charge in [0.2, 0.25) is 0 Å². The molecule has 0 radical (unpaired) electrons. The Morgan fingerprint density at radius 1 is 1.14 bits per heavy atom. The molecule has 1 fully saturated rings. The van der Waals surface area contributed by atoms with Gasteiger partial charge in [-0.1, -0.05) is 18.2 Å². The Hall–Kier alpha value is -2.87. The van der Waals surface area contributed by atoms with E-state index < -0.39 is 23.6 Å². The summed E-state index contributed by atoms with van der Waals surface area (Å²) in [5.74, 6) is -1.48. The van der Waals surface area contributed by atoms with Crippen molar-refractivity contribution in [1.29, 1.82) is 0 Å². The summed E-state index contributed by atoms with van der Waals surface area (Å²) >= 11 is 3.36. The van der Waals surface area contributed by atoms with E-state index in [2.05, 4.69) is 15.9 Å². The highest BCUT2D eigenvalue weighted by molar-refractivity contribution is 9.10. The van der Waals surface area contributed by atoms with Gasteiger partial charge in [0.15, 0.2) is 0 Å². The minimum Gasteiger partial charge on any atom is -0.487 e. The monoisotopic (exact) mass is 461 g/mol. The van der Waals surface area contributed by atoms with Gasteiger partial charge in [-0.3, -0.25) is 4.79 Å². The van der Waals surface area contributed by atoms with E-state index in [9.17, 15) is 19.5 Å². The number of hydrogen-bond acceptors (Lipinski definition) is 5. The van der Waals surface area contributed by atoms with Crippen molar-refractivity contribution < 1.29 is 29.0 Å². The molecule has 0 bridgehead atoms. The predicted octanol–water partition coefficient (Wildman–Crippen LogP) is 3.37. The van der Waals surface area contributed by atoms with Gasteiger partial charge in [0.05, 0.1) is 23.7 Å². The number of amides is 1. The molecule has 152 valence electrons. The second-order valence-corrected chi connectivity index (χ2v) is 7.80. The summed E-state index contributed by atoms with van der Waals surface area (Å²) in [6.07, 6.45) is -0.393. The summed E-state index contributed by atoms with van der Waals surface area (Å²) in [4.78, 5) is 37.9. The van der Waals surface area contributed by atoms with E-state index in [1.807, 2.05) is 0 Å². The minimum atomic E-state index is -1.39. The van der Waals surface area contributed by atoms with Crippen molar-refractivity contribution in [2.24, 2.45) is 0 Å². The third kappa shape index (κ3) is 4.12. The lowest BCUT2D eigenvalue weighted by molar-refractivity contribution is -0.147. The topological polar surface area (TPSA) is 93.1 Å². The fourth-order valence-corrected chi connectivity index (χ4v) is 3.84. The number of carbonyl (C=O) groups is 3. The Balaban J connectivity index is 1.83. The zero-order valence-corrected chi connectivity index (χ0v) is 17.5. The number of halogens is 1. The van der Waals surface area contributed by atoms with E-state index in [0.717, 1.165) is 0 Å². The number of carboxylic acid groups (broad SMARTS) is 1. The maximum Gasteiger partial charge on any atom is 0.337 e. The number of esters is 1. The summed E-state index contributed by atoms with van der Waals surface area (Å²) < 4.78 is 11.2. The van der Waals surface area contributed by atoms with E-state index in [4.69, 9.17) is 9.47 Å². The number of carboxylic acids is 1. The molecule has 1 amide bonds. The second-order valence-electron chi connectivity index (χ2n) is 6.94. The number of aliphatic carboxylic acids is 1. The number of methoxy groups -OCH3 is 1. The second kappa shape index (κ2) is 8.24. The fourth-order valence-electron chi connectivity index (χ4n) is 3.37. The molecule has 2 aromatic carbocycles. The molecule has 1 aliphatic rings. The molecule has 1 aliphatic heterocycles. The van der Waals surface area contributed by atoms with Crippen LogP contribution in [0.3, 0.4) is 0 Å². The molecule has 2 atom stereocenters. The molecule has 0 spiro atoms. The van der Waals surface area contributed by atoms with Gasteiger partial charge in [-0.05, 0) is 53.2 Å². The van der Waals surface area contributed by atoms with Crippen molar-refractivity contribution in [1.82, 2.24) is 4.90 Å². The first kappa shape index (κ1) is 20.9. The third-order valence-electron chi connectivity index (χ3n) is 4.98. The lowest BCUT2D eigenvalue weighted by atomic mass is 9.97. The number of hydrogen-bond donors (Lipinski definition) is 1. The van der Waals surface area contributed by atoms with Crippen LogP contribution < -0.4 is 4.74 Å². The summed E-state index contributed by atoms with van der Waals surface area (Å²) in [6, 6.07) is 13.3. The SMILES string of the molecule is COC(=O)c1ccc(O[C@@H]2CN(C(=O)c3ccccc3)[C@](C)(C(=O)O)C2)c(Br)c1. The van der Waals surface area contributed by atoms with Crippen LogP contribution in [0.1, 0.15) is 34.1 Å². The Morgan fingerprint density at radius 2 is 1.83 bits per heavy atom. The Bertz CT molecular complexity index is 947. The standard InChI is InChI=1S/C21H20BrNO6/c1-21(20(26)27)11-15(12-23(21)18(24)13-6-4-3-5-7-13)29-17-9-8-14(10-16(17)22)19(25)28-2/h3-10,15H,11-12H2,1-2H3,(H,26,27)/t15-,21-/m0/s1. The summed E-state index contributed by atoms with van der Waals surface area (Å²) in [7, 11) is 1.30. The smallest absolute Gasteiger partial charge is 0.337 e. The average molecular weight is 462 g/mol. The molecule has 7 nitrogen and oxygen atoms in total. The van der Waals surface area contributed by atoms with Gasteiger partial charge in [-0.25, -0.2) is 9.59 Å². The Labute approximate surface area is 176 Å². The van der Waals surface area contributed by atoms with Crippen molar-refractivity contribution in [3.05, 3.63) is 64.1 Å². The van der Waals surface area contributed by atoms with Crippen molar-refractivity contribution in [2.45, 2.75) is 25.0 Å². The van der Waals surface area contributed by atoms with Crippen LogP contribution in [0.15, 0.2) is 53.0 Å². The molecule has 1 saturated heterocycles. The molecule has 0 saturated carbocycles. The van der Waals surface area contributed by atoms with Crippen LogP contribution in [-0.4, -0.2) is 53.1 Å². The van der Waals surface area contributed by atoms with Gasteiger partial charge in [0.25, 0.3) is 5.91 Å². The summed E-state index contributed by atoms with van der Waals surface area (Å²) in [5.41, 5.74) is -0.616. The summed E-state index contributed by atoms with van der Waals surface area (Å²) in [5, 5.41) is 9.79. The maximum atomic E-state index is 12.9. The van der Waals surface area contributed by atoms with Crippen LogP contribution in [0.25, 0.3) is 0 Å². The van der Waals surface area contributed by atoms with Crippen molar-refractivity contribution in [3.63, 3.8) is 0 Å². The first-order chi connectivity index (χ1) is 13.8. The van der Waals surface area contributed by atoms with Gasteiger partial charge >= 0.3 is 11.9 Å². The van der Waals surface area contributed by atoms with Crippen LogP contribution in [0.5, 0.6) is 5.75 Å². The summed E-state index contributed by atoms with van der Waals surface area (Å²) in [6.45, 7) is 1.65. The quantitative estimate of drug-likeness (QED) is 0.686. The largest absolute Gasteiger partial charge is 0.487 e. The van der Waals surface area contributed by atoms with Gasteiger partial charge in [-0.15, -0.1) is 0 Å². The molecule has 8 heteroatoms. The predicted molar refractivity (Wildman–Crippen MR) is 108 cm³/mol. The number of rotatable bonds is 5. The lowest BCUT2D eigenvalue weighted by Gasteiger charge is -2.30. The van der Waals surface area contributed by atoms with Crippen molar-refractivity contribution >= 4 is 33.8 Å². The first-order valence-electron chi connectivity index (χ1n) is 8.91.